The summed E-state index contributed by atoms with van der Waals surface area (Å²) in [6.45, 7) is 0.142. The van der Waals surface area contributed by atoms with Crippen molar-refractivity contribution in [3.05, 3.63) is 36.2 Å². The molecule has 1 aromatic heterocycles. The second-order valence-electron chi connectivity index (χ2n) is 3.19. The van der Waals surface area contributed by atoms with Crippen molar-refractivity contribution >= 4 is 0 Å². The molecule has 0 atom stereocenters. The van der Waals surface area contributed by atoms with Crippen LogP contribution in [0.2, 0.25) is 0 Å². The van der Waals surface area contributed by atoms with E-state index in [1.54, 1.807) is 0 Å². The minimum atomic E-state index is 0.142. The van der Waals surface area contributed by atoms with Gasteiger partial charge in [-0.2, -0.15) is 0 Å². The van der Waals surface area contributed by atoms with Gasteiger partial charge in [0.1, 0.15) is 0 Å². The molecule has 0 saturated heterocycles. The topological polar surface area (TPSA) is 59.2 Å². The van der Waals surface area contributed by atoms with Gasteiger partial charge in [-0.3, -0.25) is 0 Å². The molecule has 1 aromatic carbocycles. The van der Waals surface area contributed by atoms with E-state index in [0.29, 0.717) is 24.6 Å². The standard InChI is InChI=1S/C11H12N2O2/c14-8-4-7-10-12-13-11(15-10)9-5-2-1-3-6-9/h1-3,5-6,14H,4,7-8H2. The Morgan fingerprint density at radius 1 is 1.13 bits per heavy atom. The zero-order valence-corrected chi connectivity index (χ0v) is 8.26. The molecule has 2 rings (SSSR count). The number of hydrogen-bond donors (Lipinski definition) is 1. The lowest BCUT2D eigenvalue weighted by Gasteiger charge is -1.92. The van der Waals surface area contributed by atoms with E-state index >= 15 is 0 Å². The van der Waals surface area contributed by atoms with Gasteiger partial charge < -0.3 is 9.52 Å². The highest BCUT2D eigenvalue weighted by Gasteiger charge is 2.06. The van der Waals surface area contributed by atoms with Crippen LogP contribution in [0.1, 0.15) is 12.3 Å². The number of aliphatic hydroxyl groups excluding tert-OH is 1. The number of nitrogens with zero attached hydrogens (tertiary/aromatic N) is 2. The molecule has 1 N–H and O–H groups in total. The molecule has 0 aliphatic rings. The fourth-order valence-corrected chi connectivity index (χ4v) is 1.28. The van der Waals surface area contributed by atoms with Gasteiger partial charge >= 0.3 is 0 Å². The Balaban J connectivity index is 2.14. The molecule has 4 heteroatoms. The van der Waals surface area contributed by atoms with E-state index in [1.807, 2.05) is 30.3 Å². The lowest BCUT2D eigenvalue weighted by atomic mass is 10.2. The third-order valence-corrected chi connectivity index (χ3v) is 2.04. The summed E-state index contributed by atoms with van der Waals surface area (Å²) in [6.07, 6.45) is 1.27. The van der Waals surface area contributed by atoms with Gasteiger partial charge in [0.25, 0.3) is 0 Å². The second kappa shape index (κ2) is 4.70. The number of benzene rings is 1. The first-order chi connectivity index (χ1) is 7.40. The molecule has 0 aliphatic heterocycles. The first kappa shape index (κ1) is 9.86. The Hall–Kier alpha value is -1.68. The molecule has 0 bridgehead atoms. The summed E-state index contributed by atoms with van der Waals surface area (Å²) in [5.41, 5.74) is 0.917. The highest BCUT2D eigenvalue weighted by atomic mass is 16.4. The third kappa shape index (κ3) is 2.41. The van der Waals surface area contributed by atoms with E-state index < -0.39 is 0 Å². The van der Waals surface area contributed by atoms with Crippen LogP contribution in [0.5, 0.6) is 0 Å². The summed E-state index contributed by atoms with van der Waals surface area (Å²) in [7, 11) is 0. The SMILES string of the molecule is OCCCc1nnc(-c2ccccc2)o1. The van der Waals surface area contributed by atoms with E-state index in [4.69, 9.17) is 9.52 Å². The Kier molecular flexibility index (Phi) is 3.09. The van der Waals surface area contributed by atoms with Gasteiger partial charge in [0, 0.05) is 18.6 Å². The number of aromatic nitrogens is 2. The highest BCUT2D eigenvalue weighted by molar-refractivity contribution is 5.51. The Morgan fingerprint density at radius 2 is 1.93 bits per heavy atom. The molecule has 4 nitrogen and oxygen atoms in total. The fraction of sp³-hybridized carbons (Fsp3) is 0.273. The van der Waals surface area contributed by atoms with Gasteiger partial charge in [0.2, 0.25) is 11.8 Å². The highest BCUT2D eigenvalue weighted by Crippen LogP contribution is 2.17. The summed E-state index contributed by atoms with van der Waals surface area (Å²) in [6, 6.07) is 9.62. The fourth-order valence-electron chi connectivity index (χ4n) is 1.28. The maximum absolute atomic E-state index is 8.66. The van der Waals surface area contributed by atoms with Gasteiger partial charge in [-0.25, -0.2) is 0 Å². The number of aryl methyl sites for hydroxylation is 1. The predicted molar refractivity (Wildman–Crippen MR) is 55.1 cm³/mol. The summed E-state index contributed by atoms with van der Waals surface area (Å²) in [5.74, 6) is 1.10. The van der Waals surface area contributed by atoms with Crippen molar-refractivity contribution in [2.75, 3.05) is 6.61 Å². The summed E-state index contributed by atoms with van der Waals surface area (Å²) in [4.78, 5) is 0. The molecule has 0 unspecified atom stereocenters. The molecule has 0 amide bonds. The quantitative estimate of drug-likeness (QED) is 0.822. The van der Waals surface area contributed by atoms with Crippen LogP contribution in [-0.2, 0) is 6.42 Å². The number of rotatable bonds is 4. The van der Waals surface area contributed by atoms with Crippen molar-refractivity contribution < 1.29 is 9.52 Å². The molecule has 0 saturated carbocycles. The van der Waals surface area contributed by atoms with Crippen LogP contribution >= 0.6 is 0 Å². The van der Waals surface area contributed by atoms with E-state index in [-0.39, 0.29) is 6.61 Å². The van der Waals surface area contributed by atoms with Gasteiger partial charge in [-0.1, -0.05) is 18.2 Å². The van der Waals surface area contributed by atoms with Crippen molar-refractivity contribution in [1.82, 2.24) is 10.2 Å². The lowest BCUT2D eigenvalue weighted by Crippen LogP contribution is -1.88. The summed E-state index contributed by atoms with van der Waals surface area (Å²) >= 11 is 0. The maximum Gasteiger partial charge on any atom is 0.247 e. The van der Waals surface area contributed by atoms with Crippen LogP contribution in [0.15, 0.2) is 34.7 Å². The minimum absolute atomic E-state index is 0.142. The van der Waals surface area contributed by atoms with Crippen molar-refractivity contribution in [1.29, 1.82) is 0 Å². The zero-order valence-electron chi connectivity index (χ0n) is 8.26. The van der Waals surface area contributed by atoms with Crippen LogP contribution in [0.25, 0.3) is 11.5 Å². The lowest BCUT2D eigenvalue weighted by molar-refractivity contribution is 0.283. The molecule has 0 spiro atoms. The first-order valence-corrected chi connectivity index (χ1v) is 4.89. The largest absolute Gasteiger partial charge is 0.421 e. The van der Waals surface area contributed by atoms with E-state index in [1.165, 1.54) is 0 Å². The molecule has 0 radical (unpaired) electrons. The molecule has 78 valence electrons. The molecule has 1 heterocycles. The minimum Gasteiger partial charge on any atom is -0.421 e. The van der Waals surface area contributed by atoms with Crippen LogP contribution in [0.3, 0.4) is 0 Å². The van der Waals surface area contributed by atoms with Gasteiger partial charge in [-0.15, -0.1) is 10.2 Å². The van der Waals surface area contributed by atoms with Crippen LogP contribution < -0.4 is 0 Å². The zero-order chi connectivity index (χ0) is 10.5. The van der Waals surface area contributed by atoms with E-state index in [2.05, 4.69) is 10.2 Å². The van der Waals surface area contributed by atoms with Gasteiger partial charge in [0.15, 0.2) is 0 Å². The smallest absolute Gasteiger partial charge is 0.247 e. The monoisotopic (exact) mass is 204 g/mol. The van der Waals surface area contributed by atoms with Crippen molar-refractivity contribution in [2.24, 2.45) is 0 Å². The molecular weight excluding hydrogens is 192 g/mol. The number of hydrogen-bond acceptors (Lipinski definition) is 4. The van der Waals surface area contributed by atoms with Crippen molar-refractivity contribution in [3.8, 4) is 11.5 Å². The van der Waals surface area contributed by atoms with Crippen molar-refractivity contribution in [3.63, 3.8) is 0 Å². The Labute approximate surface area is 87.6 Å². The molecule has 2 aromatic rings. The predicted octanol–water partition coefficient (Wildman–Crippen LogP) is 1.66. The van der Waals surface area contributed by atoms with E-state index in [9.17, 15) is 0 Å². The van der Waals surface area contributed by atoms with Crippen molar-refractivity contribution in [2.45, 2.75) is 12.8 Å². The molecule has 15 heavy (non-hydrogen) atoms. The Bertz CT molecular complexity index is 412. The first-order valence-electron chi connectivity index (χ1n) is 4.89. The van der Waals surface area contributed by atoms with Crippen LogP contribution in [0, 0.1) is 0 Å². The molecular formula is C11H12N2O2. The average Bonchev–Trinajstić information content (AvgIpc) is 2.76. The van der Waals surface area contributed by atoms with Gasteiger partial charge in [-0.05, 0) is 18.6 Å². The average molecular weight is 204 g/mol. The van der Waals surface area contributed by atoms with Gasteiger partial charge in [0.05, 0.1) is 0 Å². The summed E-state index contributed by atoms with van der Waals surface area (Å²) in [5, 5.41) is 16.5. The summed E-state index contributed by atoms with van der Waals surface area (Å²) < 4.78 is 5.44. The molecule has 0 aliphatic carbocycles. The van der Waals surface area contributed by atoms with Crippen LogP contribution in [0.4, 0.5) is 0 Å². The Morgan fingerprint density at radius 3 is 2.67 bits per heavy atom. The second-order valence-corrected chi connectivity index (χ2v) is 3.19. The maximum atomic E-state index is 8.66. The van der Waals surface area contributed by atoms with Crippen LogP contribution in [-0.4, -0.2) is 21.9 Å². The molecule has 0 fully saturated rings. The normalized spacial score (nSPS) is 10.5. The number of aliphatic hydroxyl groups is 1. The van der Waals surface area contributed by atoms with E-state index in [0.717, 1.165) is 5.56 Å². The third-order valence-electron chi connectivity index (χ3n) is 2.04.